The lowest BCUT2D eigenvalue weighted by atomic mass is 9.75. The minimum Gasteiger partial charge on any atom is -0.507 e. The van der Waals surface area contributed by atoms with E-state index in [2.05, 4.69) is 16.8 Å². The summed E-state index contributed by atoms with van der Waals surface area (Å²) in [6.07, 6.45) is 3.64. The maximum atomic E-state index is 13.3. The minimum absolute atomic E-state index is 0.0458. The molecule has 48 heavy (non-hydrogen) atoms. The highest BCUT2D eigenvalue weighted by atomic mass is 16.7. The Hall–Kier alpha value is -3.52. The number of allylic oxidation sites excluding steroid dienone is 1. The Labute approximate surface area is 280 Å². The third-order valence-corrected chi connectivity index (χ3v) is 10.5. The van der Waals surface area contributed by atoms with Crippen molar-refractivity contribution < 1.29 is 43.9 Å². The van der Waals surface area contributed by atoms with Crippen LogP contribution in [0, 0.1) is 5.92 Å². The maximum Gasteiger partial charge on any atom is 0.202 e. The average Bonchev–Trinajstić information content (AvgIpc) is 3.08. The van der Waals surface area contributed by atoms with Gasteiger partial charge in [-0.05, 0) is 51.5 Å². The fraction of sp³-hybridized carbons (Fsp3) is 0.556. The molecule has 2 aromatic rings. The Kier molecular flexibility index (Phi) is 10.1. The van der Waals surface area contributed by atoms with E-state index < -0.39 is 17.7 Å². The Morgan fingerprint density at radius 3 is 2.46 bits per heavy atom. The van der Waals surface area contributed by atoms with E-state index in [1.54, 1.807) is 19.2 Å². The Balaban J connectivity index is 0.000000211. The molecule has 2 saturated heterocycles. The number of nitrogens with two attached hydrogens (primary N) is 1. The van der Waals surface area contributed by atoms with E-state index >= 15 is 0 Å². The van der Waals surface area contributed by atoms with Crippen molar-refractivity contribution in [1.82, 2.24) is 10.2 Å². The molecule has 3 aliphatic carbocycles. The number of phenols is 2. The number of ether oxygens (including phenoxy) is 4. The molecule has 12 nitrogen and oxygen atoms in total. The van der Waals surface area contributed by atoms with Crippen LogP contribution in [-0.2, 0) is 27.1 Å². The van der Waals surface area contributed by atoms with E-state index in [9.17, 15) is 24.9 Å². The molecule has 5 unspecified atom stereocenters. The summed E-state index contributed by atoms with van der Waals surface area (Å²) in [7, 11) is 3.07. The average molecular weight is 666 g/mol. The number of nitrogens with one attached hydrogen (secondary N) is 1. The summed E-state index contributed by atoms with van der Waals surface area (Å²) in [6, 6.07) is 5.48. The van der Waals surface area contributed by atoms with Gasteiger partial charge in [-0.1, -0.05) is 18.7 Å². The number of phenolic OH excluding ortho intramolecular Hbond substituents is 2. The second-order valence-electron chi connectivity index (χ2n) is 13.4. The Morgan fingerprint density at radius 2 is 1.75 bits per heavy atom. The number of aliphatic hydroxyl groups is 1. The number of carbonyl (C=O) groups is 2. The van der Waals surface area contributed by atoms with Crippen LogP contribution in [0.3, 0.4) is 0 Å². The van der Waals surface area contributed by atoms with Gasteiger partial charge in [0.25, 0.3) is 0 Å². The fourth-order valence-corrected chi connectivity index (χ4v) is 7.70. The first-order valence-corrected chi connectivity index (χ1v) is 16.8. The van der Waals surface area contributed by atoms with Gasteiger partial charge in [0, 0.05) is 73.2 Å². The van der Waals surface area contributed by atoms with E-state index in [4.69, 9.17) is 24.7 Å². The lowest BCUT2D eigenvalue weighted by Crippen LogP contribution is -2.57. The highest BCUT2D eigenvalue weighted by molar-refractivity contribution is 6.31. The van der Waals surface area contributed by atoms with Crippen LogP contribution < -0.4 is 15.8 Å². The molecular formula is C36H47N3O9. The number of fused-ring (bicyclic) bond motifs is 3. The van der Waals surface area contributed by atoms with E-state index in [0.717, 1.165) is 44.7 Å². The summed E-state index contributed by atoms with van der Waals surface area (Å²) >= 11 is 0. The molecule has 7 rings (SSSR count). The molecule has 2 aliphatic heterocycles. The van der Waals surface area contributed by atoms with Gasteiger partial charge in [-0.3, -0.25) is 14.5 Å². The van der Waals surface area contributed by atoms with Crippen molar-refractivity contribution in [2.75, 3.05) is 40.5 Å². The first-order valence-electron chi connectivity index (χ1n) is 16.8. The summed E-state index contributed by atoms with van der Waals surface area (Å²) in [5.74, 6) is -1.14. The number of carbonyl (C=O) groups excluding carboxylic acids is 2. The van der Waals surface area contributed by atoms with Crippen molar-refractivity contribution >= 4 is 11.6 Å². The van der Waals surface area contributed by atoms with Gasteiger partial charge < -0.3 is 45.3 Å². The molecule has 0 bridgehead atoms. The maximum absolute atomic E-state index is 13.3. The van der Waals surface area contributed by atoms with Gasteiger partial charge in [-0.2, -0.15) is 0 Å². The number of hydrogen-bond donors (Lipinski definition) is 5. The number of hydrogen-bond acceptors (Lipinski definition) is 12. The van der Waals surface area contributed by atoms with Gasteiger partial charge in [0.15, 0.2) is 12.1 Å². The standard InChI is InChI=1S/C25H26N2O5.C11H21NO4/c1-11(27-14-9-13(26)10-14)12-6-7-15-17(8-12)24(30)20-21(22(15)28)25(31)19-16(23(20)29)4-3-5-18(19)32-2;1-8-11(13)9(3-5-15-8)12-4-6-16-10(7-12)14-2/h3-5,12-14,27-28,30H,1,6-10,26H2,2H3;8-11,13H,3-7H2,1-2H3. The SMILES string of the molecule is C=C(NC1CC(N)C1)C1CCc2c(O)c3c(c(O)c2C1)C(=O)c1cccc(OC)c1C3=O.COC1CN(C2CCOC(C)C2O)CCO1. The number of ketones is 2. The normalized spacial score (nSPS) is 29.7. The van der Waals surface area contributed by atoms with Crippen molar-refractivity contribution in [2.45, 2.75) is 82.1 Å². The molecule has 5 atom stereocenters. The second-order valence-corrected chi connectivity index (χ2v) is 13.4. The van der Waals surface area contributed by atoms with E-state index in [1.807, 2.05) is 6.92 Å². The summed E-state index contributed by atoms with van der Waals surface area (Å²) in [6.45, 7) is 9.07. The molecule has 1 saturated carbocycles. The van der Waals surface area contributed by atoms with Crippen LogP contribution in [0.2, 0.25) is 0 Å². The predicted octanol–water partition coefficient (Wildman–Crippen LogP) is 2.41. The molecule has 0 radical (unpaired) electrons. The van der Waals surface area contributed by atoms with Crippen molar-refractivity contribution in [1.29, 1.82) is 0 Å². The zero-order valence-electron chi connectivity index (χ0n) is 27.9. The van der Waals surface area contributed by atoms with Crippen LogP contribution in [0.5, 0.6) is 17.2 Å². The quantitative estimate of drug-likeness (QED) is 0.244. The number of nitrogens with zero attached hydrogens (tertiary/aromatic N) is 1. The van der Waals surface area contributed by atoms with Crippen LogP contribution in [-0.4, -0.2) is 109 Å². The van der Waals surface area contributed by atoms with Crippen LogP contribution in [0.25, 0.3) is 0 Å². The first kappa shape index (κ1) is 34.3. The number of rotatable bonds is 6. The van der Waals surface area contributed by atoms with Crippen LogP contribution in [0.4, 0.5) is 0 Å². The highest BCUT2D eigenvalue weighted by Gasteiger charge is 2.41. The second kappa shape index (κ2) is 14.1. The summed E-state index contributed by atoms with van der Waals surface area (Å²) in [4.78, 5) is 28.9. The van der Waals surface area contributed by atoms with Crippen molar-refractivity contribution in [2.24, 2.45) is 11.7 Å². The monoisotopic (exact) mass is 665 g/mol. The molecule has 5 aliphatic rings. The van der Waals surface area contributed by atoms with Crippen molar-refractivity contribution in [3.05, 3.63) is 63.9 Å². The smallest absolute Gasteiger partial charge is 0.202 e. The summed E-state index contributed by atoms with van der Waals surface area (Å²) < 4.78 is 21.3. The molecule has 0 aromatic heterocycles. The fourth-order valence-electron chi connectivity index (χ4n) is 7.70. The lowest BCUT2D eigenvalue weighted by Gasteiger charge is -2.43. The summed E-state index contributed by atoms with van der Waals surface area (Å²) in [5, 5.41) is 35.7. The van der Waals surface area contributed by atoms with Crippen LogP contribution >= 0.6 is 0 Å². The van der Waals surface area contributed by atoms with Crippen molar-refractivity contribution in [3.8, 4) is 17.2 Å². The molecular weight excluding hydrogens is 618 g/mol. The van der Waals surface area contributed by atoms with Gasteiger partial charge in [0.05, 0.1) is 42.6 Å². The number of aliphatic hydroxyl groups excluding tert-OH is 1. The molecule has 3 fully saturated rings. The first-order chi connectivity index (χ1) is 23.0. The zero-order chi connectivity index (χ0) is 34.3. The third-order valence-electron chi connectivity index (χ3n) is 10.5. The number of methoxy groups -OCH3 is 2. The topological polar surface area (TPSA) is 173 Å². The lowest BCUT2D eigenvalue weighted by molar-refractivity contribution is -0.190. The Bertz CT molecular complexity index is 1570. The van der Waals surface area contributed by atoms with Gasteiger partial charge in [-0.15, -0.1) is 0 Å². The van der Waals surface area contributed by atoms with Gasteiger partial charge in [0.1, 0.15) is 17.2 Å². The van der Waals surface area contributed by atoms with Gasteiger partial charge in [0.2, 0.25) is 5.78 Å². The summed E-state index contributed by atoms with van der Waals surface area (Å²) in [5.41, 5.74) is 7.79. The number of aromatic hydroxyl groups is 2. The van der Waals surface area contributed by atoms with Gasteiger partial charge >= 0.3 is 0 Å². The number of morpholine rings is 1. The van der Waals surface area contributed by atoms with Gasteiger partial charge in [-0.25, -0.2) is 0 Å². The molecule has 2 aromatic carbocycles. The molecule has 6 N–H and O–H groups in total. The highest BCUT2D eigenvalue weighted by Crippen LogP contribution is 2.48. The van der Waals surface area contributed by atoms with Crippen LogP contribution in [0.1, 0.15) is 75.6 Å². The molecule has 2 heterocycles. The molecule has 12 heteroatoms. The zero-order valence-corrected chi connectivity index (χ0v) is 27.9. The minimum atomic E-state index is -0.517. The molecule has 0 amide bonds. The van der Waals surface area contributed by atoms with E-state index in [-0.39, 0.29) is 69.9 Å². The van der Waals surface area contributed by atoms with Crippen LogP contribution in [0.15, 0.2) is 30.5 Å². The largest absolute Gasteiger partial charge is 0.507 e. The molecule has 260 valence electrons. The number of benzene rings is 2. The Morgan fingerprint density at radius 1 is 1.02 bits per heavy atom. The third kappa shape index (κ3) is 6.33. The van der Waals surface area contributed by atoms with E-state index in [0.29, 0.717) is 43.0 Å². The van der Waals surface area contributed by atoms with Crippen molar-refractivity contribution in [3.63, 3.8) is 0 Å². The van der Waals surface area contributed by atoms with E-state index in [1.165, 1.54) is 13.2 Å². The predicted molar refractivity (Wildman–Crippen MR) is 177 cm³/mol. The molecule has 0 spiro atoms.